The number of aromatic nitrogens is 3. The largest absolute Gasteiger partial charge is 0.457 e. The Kier molecular flexibility index (Phi) is 4.78. The Bertz CT molecular complexity index is 1210. The van der Waals surface area contributed by atoms with E-state index in [-0.39, 0.29) is 23.2 Å². The molecule has 4 aromatic rings. The van der Waals surface area contributed by atoms with Gasteiger partial charge in [0.15, 0.2) is 0 Å². The lowest BCUT2D eigenvalue weighted by molar-refractivity contribution is 0.0958. The molecule has 0 bridgehead atoms. The number of anilines is 2. The Labute approximate surface area is 163 Å². The molecule has 9 heteroatoms. The van der Waals surface area contributed by atoms with Crippen LogP contribution in [0.25, 0.3) is 11.0 Å². The third-order valence-electron chi connectivity index (χ3n) is 4.06. The van der Waals surface area contributed by atoms with E-state index in [0.29, 0.717) is 22.5 Å². The Morgan fingerprint density at radius 1 is 1.07 bits per heavy atom. The minimum atomic E-state index is -0.597. The lowest BCUT2D eigenvalue weighted by atomic mass is 10.3. The zero-order valence-corrected chi connectivity index (χ0v) is 15.2. The zero-order valence-electron chi connectivity index (χ0n) is 15.2. The molecule has 2 aromatic carbocycles. The lowest BCUT2D eigenvalue weighted by Crippen LogP contribution is -2.18. The van der Waals surface area contributed by atoms with Crippen LogP contribution >= 0.6 is 0 Å². The van der Waals surface area contributed by atoms with Crippen molar-refractivity contribution >= 4 is 28.6 Å². The van der Waals surface area contributed by atoms with Gasteiger partial charge < -0.3 is 20.4 Å². The van der Waals surface area contributed by atoms with Gasteiger partial charge in [-0.3, -0.25) is 9.78 Å². The smallest absolute Gasteiger partial charge is 0.269 e. The van der Waals surface area contributed by atoms with Gasteiger partial charge in [0.1, 0.15) is 28.8 Å². The first-order valence-corrected chi connectivity index (χ1v) is 8.59. The topological polar surface area (TPSA) is 91.9 Å². The van der Waals surface area contributed by atoms with Gasteiger partial charge in [0, 0.05) is 31.4 Å². The Balaban J connectivity index is 1.57. The van der Waals surface area contributed by atoms with Crippen LogP contribution < -0.4 is 15.4 Å². The van der Waals surface area contributed by atoms with Gasteiger partial charge >= 0.3 is 0 Å². The van der Waals surface area contributed by atoms with E-state index in [2.05, 4.69) is 25.6 Å². The molecule has 2 heterocycles. The summed E-state index contributed by atoms with van der Waals surface area (Å²) in [4.78, 5) is 23.0. The van der Waals surface area contributed by atoms with Crippen molar-refractivity contribution in [3.8, 4) is 11.5 Å². The Hall–Kier alpha value is -4.01. The summed E-state index contributed by atoms with van der Waals surface area (Å²) in [6.45, 7) is 0. The van der Waals surface area contributed by atoms with Crippen LogP contribution in [-0.2, 0) is 0 Å². The van der Waals surface area contributed by atoms with Gasteiger partial charge in [-0.1, -0.05) is 0 Å². The summed E-state index contributed by atoms with van der Waals surface area (Å²) in [5.41, 5.74) is 1.44. The fourth-order valence-electron chi connectivity index (χ4n) is 2.69. The molecule has 0 saturated heterocycles. The normalized spacial score (nSPS) is 10.7. The molecule has 1 amide bonds. The number of amides is 1. The number of hydrogen-bond acceptors (Lipinski definition) is 5. The first kappa shape index (κ1) is 18.4. The monoisotopic (exact) mass is 395 g/mol. The molecule has 0 saturated carbocycles. The molecule has 0 aliphatic carbocycles. The molecule has 146 valence electrons. The van der Waals surface area contributed by atoms with E-state index in [1.54, 1.807) is 24.3 Å². The minimum absolute atomic E-state index is 0.0287. The number of ether oxygens (including phenoxy) is 1. The van der Waals surface area contributed by atoms with Crippen LogP contribution in [0.4, 0.5) is 20.4 Å². The molecule has 0 aliphatic rings. The first-order chi connectivity index (χ1) is 14.0. The van der Waals surface area contributed by atoms with Crippen molar-refractivity contribution in [2.75, 3.05) is 12.4 Å². The van der Waals surface area contributed by atoms with Gasteiger partial charge in [-0.2, -0.15) is 0 Å². The highest BCUT2D eigenvalue weighted by Crippen LogP contribution is 2.27. The number of pyridine rings is 1. The molecule has 0 fully saturated rings. The number of benzene rings is 2. The third kappa shape index (κ3) is 3.98. The number of aromatic amines is 1. The highest BCUT2D eigenvalue weighted by atomic mass is 19.1. The van der Waals surface area contributed by atoms with Gasteiger partial charge in [0.2, 0.25) is 5.95 Å². The number of H-pyrrole nitrogens is 1. The third-order valence-corrected chi connectivity index (χ3v) is 4.06. The van der Waals surface area contributed by atoms with Crippen molar-refractivity contribution < 1.29 is 18.3 Å². The van der Waals surface area contributed by atoms with Gasteiger partial charge in [-0.25, -0.2) is 13.8 Å². The van der Waals surface area contributed by atoms with Crippen LogP contribution in [-0.4, -0.2) is 27.9 Å². The first-order valence-electron chi connectivity index (χ1n) is 8.59. The number of rotatable bonds is 5. The number of imidazole rings is 1. The summed E-state index contributed by atoms with van der Waals surface area (Å²) in [6.07, 6.45) is 1.47. The molecule has 7 nitrogen and oxygen atoms in total. The predicted molar refractivity (Wildman–Crippen MR) is 103 cm³/mol. The van der Waals surface area contributed by atoms with E-state index in [1.165, 1.54) is 19.3 Å². The summed E-state index contributed by atoms with van der Waals surface area (Å²) in [7, 11) is 1.52. The lowest BCUT2D eigenvalue weighted by Gasteiger charge is -2.06. The standard InChI is InChI=1S/C20H15F2N5O2/c1-23-19(28)18-10-13(6-7-24-18)29-12-3-5-15-17(9-12)27-20(25-15)26-16-8-11(21)2-4-14(16)22/h2-10H,1H3,(H,23,28)(H2,25,26,27). The molecule has 2 aromatic heterocycles. The molecule has 0 atom stereocenters. The van der Waals surface area contributed by atoms with Crippen molar-refractivity contribution in [3.05, 3.63) is 72.1 Å². The molecule has 3 N–H and O–H groups in total. The Morgan fingerprint density at radius 2 is 1.90 bits per heavy atom. The number of carbonyl (C=O) groups is 1. The molecule has 0 unspecified atom stereocenters. The summed E-state index contributed by atoms with van der Waals surface area (Å²) in [5.74, 6) is -0.296. The van der Waals surface area contributed by atoms with Crippen LogP contribution in [0.3, 0.4) is 0 Å². The van der Waals surface area contributed by atoms with Crippen molar-refractivity contribution in [2.45, 2.75) is 0 Å². The number of nitrogens with one attached hydrogen (secondary N) is 3. The van der Waals surface area contributed by atoms with Gasteiger partial charge in [0.05, 0.1) is 16.7 Å². The summed E-state index contributed by atoms with van der Waals surface area (Å²) >= 11 is 0. The Morgan fingerprint density at radius 3 is 2.72 bits per heavy atom. The van der Waals surface area contributed by atoms with Gasteiger partial charge in [-0.05, 0) is 30.3 Å². The maximum Gasteiger partial charge on any atom is 0.269 e. The van der Waals surface area contributed by atoms with Crippen LogP contribution in [0.2, 0.25) is 0 Å². The molecule has 0 aliphatic heterocycles. The summed E-state index contributed by atoms with van der Waals surface area (Å²) in [5, 5.41) is 5.22. The molecule has 4 rings (SSSR count). The van der Waals surface area contributed by atoms with E-state index < -0.39 is 11.6 Å². The van der Waals surface area contributed by atoms with Crippen molar-refractivity contribution in [2.24, 2.45) is 0 Å². The number of nitrogens with zero attached hydrogens (tertiary/aromatic N) is 2. The highest BCUT2D eigenvalue weighted by Gasteiger charge is 2.10. The number of fused-ring (bicyclic) bond motifs is 1. The van der Waals surface area contributed by atoms with Gasteiger partial charge in [0.25, 0.3) is 5.91 Å². The molecular weight excluding hydrogens is 380 g/mol. The van der Waals surface area contributed by atoms with E-state index in [4.69, 9.17) is 4.74 Å². The van der Waals surface area contributed by atoms with Gasteiger partial charge in [-0.15, -0.1) is 0 Å². The number of carbonyl (C=O) groups excluding carboxylic acids is 1. The van der Waals surface area contributed by atoms with Crippen molar-refractivity contribution in [1.29, 1.82) is 0 Å². The SMILES string of the molecule is CNC(=O)c1cc(Oc2ccc3[nH]c(Nc4cc(F)ccc4F)nc3c2)ccn1. The summed E-state index contributed by atoms with van der Waals surface area (Å²) in [6, 6.07) is 11.4. The van der Waals surface area contributed by atoms with Crippen LogP contribution in [0, 0.1) is 11.6 Å². The molecule has 29 heavy (non-hydrogen) atoms. The minimum Gasteiger partial charge on any atom is -0.457 e. The fraction of sp³-hybridized carbons (Fsp3) is 0.0500. The quantitative estimate of drug-likeness (QED) is 0.473. The van der Waals surface area contributed by atoms with E-state index >= 15 is 0 Å². The second kappa shape index (κ2) is 7.55. The van der Waals surface area contributed by atoms with Crippen LogP contribution in [0.5, 0.6) is 11.5 Å². The van der Waals surface area contributed by atoms with Crippen LogP contribution in [0.1, 0.15) is 10.5 Å². The maximum atomic E-state index is 13.8. The fourth-order valence-corrected chi connectivity index (χ4v) is 2.69. The van der Waals surface area contributed by atoms with Crippen molar-refractivity contribution in [1.82, 2.24) is 20.3 Å². The van der Waals surface area contributed by atoms with E-state index in [9.17, 15) is 13.6 Å². The van der Waals surface area contributed by atoms with Crippen molar-refractivity contribution in [3.63, 3.8) is 0 Å². The molecule has 0 spiro atoms. The highest BCUT2D eigenvalue weighted by molar-refractivity contribution is 5.92. The second-order valence-corrected chi connectivity index (χ2v) is 6.07. The number of hydrogen-bond donors (Lipinski definition) is 3. The zero-order chi connectivity index (χ0) is 20.4. The van der Waals surface area contributed by atoms with E-state index in [0.717, 1.165) is 18.2 Å². The molecular formula is C20H15F2N5O2. The van der Waals surface area contributed by atoms with E-state index in [1.807, 2.05) is 0 Å². The summed E-state index contributed by atoms with van der Waals surface area (Å²) < 4.78 is 32.9. The van der Waals surface area contributed by atoms with Crippen LogP contribution in [0.15, 0.2) is 54.7 Å². The molecule has 0 radical (unpaired) electrons. The second-order valence-electron chi connectivity index (χ2n) is 6.07. The maximum absolute atomic E-state index is 13.8. The average molecular weight is 395 g/mol. The number of halogens is 2. The predicted octanol–water partition coefficient (Wildman–Crippen LogP) is 4.13. The average Bonchev–Trinajstić information content (AvgIpc) is 3.12.